The second kappa shape index (κ2) is 6.65. The van der Waals surface area contributed by atoms with E-state index in [0.717, 1.165) is 13.1 Å². The maximum absolute atomic E-state index is 14.3. The van der Waals surface area contributed by atoms with Crippen molar-refractivity contribution in [2.45, 2.75) is 39.8 Å². The summed E-state index contributed by atoms with van der Waals surface area (Å²) in [6.45, 7) is 10.5. The van der Waals surface area contributed by atoms with Crippen molar-refractivity contribution in [2.24, 2.45) is 11.8 Å². The summed E-state index contributed by atoms with van der Waals surface area (Å²) >= 11 is 0. The second-order valence-electron chi connectivity index (χ2n) is 6.54. The highest BCUT2D eigenvalue weighted by atomic mass is 19.1. The van der Waals surface area contributed by atoms with Crippen LogP contribution in [0.2, 0.25) is 0 Å². The molecule has 0 amide bonds. The van der Waals surface area contributed by atoms with Gasteiger partial charge in [-0.1, -0.05) is 27.7 Å². The SMILES string of the molecule is COc1ccc(F)c(N2CC(C(C)C)NCC2C(C)C)c1. The van der Waals surface area contributed by atoms with E-state index in [9.17, 15) is 4.39 Å². The number of benzene rings is 1. The van der Waals surface area contributed by atoms with Gasteiger partial charge in [0.15, 0.2) is 0 Å². The summed E-state index contributed by atoms with van der Waals surface area (Å²) in [5, 5.41) is 3.60. The Morgan fingerprint density at radius 3 is 2.52 bits per heavy atom. The van der Waals surface area contributed by atoms with Crippen LogP contribution in [0.4, 0.5) is 10.1 Å². The summed E-state index contributed by atoms with van der Waals surface area (Å²) < 4.78 is 19.6. The highest BCUT2D eigenvalue weighted by Crippen LogP contribution is 2.30. The van der Waals surface area contributed by atoms with Gasteiger partial charge in [0.05, 0.1) is 12.8 Å². The molecule has 1 N–H and O–H groups in total. The zero-order valence-corrected chi connectivity index (χ0v) is 13.7. The molecule has 0 saturated carbocycles. The number of halogens is 1. The van der Waals surface area contributed by atoms with Gasteiger partial charge < -0.3 is 15.0 Å². The van der Waals surface area contributed by atoms with E-state index < -0.39 is 0 Å². The summed E-state index contributed by atoms with van der Waals surface area (Å²) in [5.41, 5.74) is 0.653. The van der Waals surface area contributed by atoms with Crippen molar-refractivity contribution in [3.8, 4) is 5.75 Å². The normalized spacial score (nSPS) is 23.0. The first-order chi connectivity index (χ1) is 9.93. The summed E-state index contributed by atoms with van der Waals surface area (Å²) in [7, 11) is 1.62. The lowest BCUT2D eigenvalue weighted by Crippen LogP contribution is -2.60. The quantitative estimate of drug-likeness (QED) is 0.922. The molecule has 1 aromatic rings. The van der Waals surface area contributed by atoms with Crippen LogP contribution in [0.25, 0.3) is 0 Å². The van der Waals surface area contributed by atoms with Crippen LogP contribution in [-0.4, -0.2) is 32.3 Å². The lowest BCUT2D eigenvalue weighted by atomic mass is 9.93. The molecule has 21 heavy (non-hydrogen) atoms. The van der Waals surface area contributed by atoms with Gasteiger partial charge in [-0.3, -0.25) is 0 Å². The van der Waals surface area contributed by atoms with Crippen LogP contribution < -0.4 is 15.0 Å². The van der Waals surface area contributed by atoms with Crippen LogP contribution in [0.15, 0.2) is 18.2 Å². The van der Waals surface area contributed by atoms with E-state index in [1.807, 2.05) is 6.07 Å². The van der Waals surface area contributed by atoms with E-state index in [4.69, 9.17) is 4.74 Å². The number of hydrogen-bond acceptors (Lipinski definition) is 3. The van der Waals surface area contributed by atoms with Gasteiger partial charge in [0.2, 0.25) is 0 Å². The smallest absolute Gasteiger partial charge is 0.146 e. The van der Waals surface area contributed by atoms with Gasteiger partial charge >= 0.3 is 0 Å². The van der Waals surface area contributed by atoms with E-state index in [1.54, 1.807) is 13.2 Å². The number of hydrogen-bond donors (Lipinski definition) is 1. The fourth-order valence-electron chi connectivity index (χ4n) is 2.95. The molecule has 118 valence electrons. The molecule has 1 heterocycles. The number of rotatable bonds is 4. The van der Waals surface area contributed by atoms with Gasteiger partial charge in [0.25, 0.3) is 0 Å². The standard InChI is InChI=1S/C17H27FN2O/c1-11(2)15-10-20(17(9-19-15)12(3)4)16-8-13(21-5)6-7-14(16)18/h6-8,11-12,15,17,19H,9-10H2,1-5H3. The predicted octanol–water partition coefficient (Wildman–Crippen LogP) is 3.29. The summed E-state index contributed by atoms with van der Waals surface area (Å²) in [6.07, 6.45) is 0. The number of nitrogens with zero attached hydrogens (tertiary/aromatic N) is 1. The molecule has 1 aliphatic heterocycles. The van der Waals surface area contributed by atoms with Crippen LogP contribution >= 0.6 is 0 Å². The first kappa shape index (κ1) is 16.1. The molecule has 0 radical (unpaired) electrons. The Morgan fingerprint density at radius 2 is 1.95 bits per heavy atom. The third-order valence-corrected chi connectivity index (χ3v) is 4.42. The van der Waals surface area contributed by atoms with Crippen molar-refractivity contribution in [3.63, 3.8) is 0 Å². The second-order valence-corrected chi connectivity index (χ2v) is 6.54. The molecule has 1 aliphatic rings. The molecule has 2 atom stereocenters. The largest absolute Gasteiger partial charge is 0.497 e. The van der Waals surface area contributed by atoms with E-state index >= 15 is 0 Å². The van der Waals surface area contributed by atoms with Gasteiger partial charge in [-0.05, 0) is 24.0 Å². The van der Waals surface area contributed by atoms with Crippen molar-refractivity contribution in [1.29, 1.82) is 0 Å². The molecule has 0 bridgehead atoms. The third-order valence-electron chi connectivity index (χ3n) is 4.42. The molecule has 0 aromatic heterocycles. The fourth-order valence-corrected chi connectivity index (χ4v) is 2.95. The summed E-state index contributed by atoms with van der Waals surface area (Å²) in [5.74, 6) is 1.50. The van der Waals surface area contributed by atoms with Crippen molar-refractivity contribution >= 4 is 5.69 Å². The Hall–Kier alpha value is -1.29. The molecular weight excluding hydrogens is 267 g/mol. The van der Waals surface area contributed by atoms with E-state index in [1.165, 1.54) is 6.07 Å². The predicted molar refractivity (Wildman–Crippen MR) is 85.6 cm³/mol. The van der Waals surface area contributed by atoms with E-state index in [2.05, 4.69) is 37.9 Å². The Balaban J connectivity index is 2.35. The number of ether oxygens (including phenoxy) is 1. The lowest BCUT2D eigenvalue weighted by Gasteiger charge is -2.45. The Kier molecular flexibility index (Phi) is 5.09. The molecule has 0 spiro atoms. The third kappa shape index (κ3) is 3.49. The number of anilines is 1. The molecule has 0 aliphatic carbocycles. The Bertz CT molecular complexity index is 476. The van der Waals surface area contributed by atoms with Gasteiger partial charge in [0.1, 0.15) is 11.6 Å². The summed E-state index contributed by atoms with van der Waals surface area (Å²) in [6, 6.07) is 5.66. The Labute approximate surface area is 127 Å². The number of methoxy groups -OCH3 is 1. The highest BCUT2D eigenvalue weighted by Gasteiger charge is 2.32. The average Bonchev–Trinajstić information content (AvgIpc) is 2.47. The minimum absolute atomic E-state index is 0.175. The monoisotopic (exact) mass is 294 g/mol. The molecule has 1 aromatic carbocycles. The molecule has 4 heteroatoms. The summed E-state index contributed by atoms with van der Waals surface area (Å²) in [4.78, 5) is 2.21. The maximum atomic E-state index is 14.3. The van der Waals surface area contributed by atoms with Gasteiger partial charge in [-0.2, -0.15) is 0 Å². The molecule has 1 saturated heterocycles. The van der Waals surface area contributed by atoms with E-state index in [0.29, 0.717) is 35.4 Å². The first-order valence-electron chi connectivity index (χ1n) is 7.77. The van der Waals surface area contributed by atoms with Crippen LogP contribution in [0, 0.1) is 17.7 Å². The van der Waals surface area contributed by atoms with Gasteiger partial charge in [-0.15, -0.1) is 0 Å². The molecule has 1 fully saturated rings. The average molecular weight is 294 g/mol. The Morgan fingerprint density at radius 1 is 1.24 bits per heavy atom. The van der Waals surface area contributed by atoms with E-state index in [-0.39, 0.29) is 5.82 Å². The lowest BCUT2D eigenvalue weighted by molar-refractivity contribution is 0.293. The van der Waals surface area contributed by atoms with Gasteiger partial charge in [0, 0.05) is 31.2 Å². The number of nitrogens with one attached hydrogen (secondary N) is 1. The number of piperazine rings is 1. The van der Waals surface area contributed by atoms with Crippen LogP contribution in [0.1, 0.15) is 27.7 Å². The van der Waals surface area contributed by atoms with Crippen molar-refractivity contribution in [3.05, 3.63) is 24.0 Å². The van der Waals surface area contributed by atoms with Crippen LogP contribution in [0.3, 0.4) is 0 Å². The zero-order chi connectivity index (χ0) is 15.6. The molecule has 2 rings (SSSR count). The topological polar surface area (TPSA) is 24.5 Å². The minimum Gasteiger partial charge on any atom is -0.497 e. The maximum Gasteiger partial charge on any atom is 0.146 e. The van der Waals surface area contributed by atoms with Crippen molar-refractivity contribution in [2.75, 3.05) is 25.1 Å². The fraction of sp³-hybridized carbons (Fsp3) is 0.647. The van der Waals surface area contributed by atoms with Gasteiger partial charge in [-0.25, -0.2) is 4.39 Å². The zero-order valence-electron chi connectivity index (χ0n) is 13.7. The van der Waals surface area contributed by atoms with Crippen LogP contribution in [-0.2, 0) is 0 Å². The minimum atomic E-state index is -0.175. The highest BCUT2D eigenvalue weighted by molar-refractivity contribution is 5.53. The first-order valence-corrected chi connectivity index (χ1v) is 7.77. The van der Waals surface area contributed by atoms with Crippen LogP contribution in [0.5, 0.6) is 5.75 Å². The van der Waals surface area contributed by atoms with Crippen molar-refractivity contribution in [1.82, 2.24) is 5.32 Å². The molecular formula is C17H27FN2O. The molecule has 3 nitrogen and oxygen atoms in total. The van der Waals surface area contributed by atoms with Crippen molar-refractivity contribution < 1.29 is 9.13 Å². The molecule has 2 unspecified atom stereocenters.